The summed E-state index contributed by atoms with van der Waals surface area (Å²) in [7, 11) is -4.47. The van der Waals surface area contributed by atoms with Crippen molar-refractivity contribution in [2.24, 2.45) is 0 Å². The number of benzene rings is 3. The number of carbonyl (C=O) groups is 1. The molecule has 238 valence electrons. The average molecular weight is 677 g/mol. The molecule has 0 atom stereocenters. The summed E-state index contributed by atoms with van der Waals surface area (Å²) in [5.74, 6) is -3.73. The number of carbonyl (C=O) groups excluding carboxylic acids is 1. The van der Waals surface area contributed by atoms with E-state index in [1.807, 2.05) is 0 Å². The number of sulfonamides is 1. The Morgan fingerprint density at radius 2 is 1.50 bits per heavy atom. The molecular weight excluding hydrogens is 658 g/mol. The van der Waals surface area contributed by atoms with Gasteiger partial charge in [-0.3, -0.25) is 4.79 Å². The first-order valence-corrected chi connectivity index (χ1v) is 14.4. The minimum Gasteiger partial charge on any atom is -0.324 e. The Bertz CT molecular complexity index is 1670. The molecule has 0 radical (unpaired) electrons. The SMILES string of the molecule is O=C(Cc1cccc(C(F)(F)F)c1F)Nc1c(Cl)ccc2c1CCN(S(=O)(=O)Cc1cc(C(F)(F)F)cc(C(F)(F)F)c1)C2. The molecule has 0 bridgehead atoms. The first-order valence-electron chi connectivity index (χ1n) is 12.4. The molecule has 1 N–H and O–H groups in total. The Morgan fingerprint density at radius 3 is 2.07 bits per heavy atom. The third kappa shape index (κ3) is 7.46. The number of amides is 1. The lowest BCUT2D eigenvalue weighted by molar-refractivity contribution is -0.143. The number of anilines is 1. The number of rotatable bonds is 6. The number of hydrogen-bond acceptors (Lipinski definition) is 3. The third-order valence-electron chi connectivity index (χ3n) is 6.71. The van der Waals surface area contributed by atoms with Crippen LogP contribution >= 0.6 is 11.6 Å². The zero-order valence-electron chi connectivity index (χ0n) is 21.9. The Labute approximate surface area is 248 Å². The zero-order chi connectivity index (χ0) is 32.8. The smallest absolute Gasteiger partial charge is 0.324 e. The fourth-order valence-electron chi connectivity index (χ4n) is 4.67. The second-order valence-electron chi connectivity index (χ2n) is 9.82. The molecule has 1 aliphatic heterocycles. The predicted molar refractivity (Wildman–Crippen MR) is 138 cm³/mol. The molecule has 0 aromatic heterocycles. The van der Waals surface area contributed by atoms with Crippen molar-refractivity contribution >= 4 is 33.2 Å². The molecule has 1 amide bonds. The van der Waals surface area contributed by atoms with Gasteiger partial charge in [-0.2, -0.15) is 43.8 Å². The minimum absolute atomic E-state index is 0.00806. The molecule has 0 spiro atoms. The van der Waals surface area contributed by atoms with Gasteiger partial charge >= 0.3 is 18.5 Å². The molecule has 0 saturated carbocycles. The number of alkyl halides is 9. The highest BCUT2D eigenvalue weighted by atomic mass is 35.5. The molecule has 17 heteroatoms. The van der Waals surface area contributed by atoms with Crippen LogP contribution in [0.15, 0.2) is 48.5 Å². The maximum absolute atomic E-state index is 14.4. The number of halogens is 11. The predicted octanol–water partition coefficient (Wildman–Crippen LogP) is 7.60. The molecular formula is C27H19ClF10N2O3S. The van der Waals surface area contributed by atoms with Crippen molar-refractivity contribution in [3.63, 3.8) is 0 Å². The van der Waals surface area contributed by atoms with Crippen LogP contribution in [0.3, 0.4) is 0 Å². The maximum Gasteiger partial charge on any atom is 0.419 e. The van der Waals surface area contributed by atoms with Gasteiger partial charge in [-0.05, 0) is 59.0 Å². The van der Waals surface area contributed by atoms with Gasteiger partial charge in [0.25, 0.3) is 0 Å². The van der Waals surface area contributed by atoms with Crippen LogP contribution < -0.4 is 5.32 Å². The van der Waals surface area contributed by atoms with E-state index >= 15 is 0 Å². The van der Waals surface area contributed by atoms with Crippen LogP contribution in [0.1, 0.15) is 38.9 Å². The second-order valence-corrected chi connectivity index (χ2v) is 12.2. The van der Waals surface area contributed by atoms with Crippen LogP contribution in [0.2, 0.25) is 5.02 Å². The van der Waals surface area contributed by atoms with E-state index in [1.165, 1.54) is 12.1 Å². The van der Waals surface area contributed by atoms with Gasteiger partial charge in [-0.15, -0.1) is 0 Å². The van der Waals surface area contributed by atoms with Crippen LogP contribution in [-0.2, 0) is 58.5 Å². The van der Waals surface area contributed by atoms with E-state index in [-0.39, 0.29) is 41.9 Å². The lowest BCUT2D eigenvalue weighted by Gasteiger charge is -2.30. The van der Waals surface area contributed by atoms with Gasteiger partial charge in [-0.25, -0.2) is 12.8 Å². The van der Waals surface area contributed by atoms with Crippen molar-refractivity contribution < 1.29 is 57.1 Å². The van der Waals surface area contributed by atoms with Crippen LogP contribution in [0.25, 0.3) is 0 Å². The van der Waals surface area contributed by atoms with E-state index in [0.29, 0.717) is 23.8 Å². The van der Waals surface area contributed by atoms with Gasteiger partial charge < -0.3 is 5.32 Å². The minimum atomic E-state index is -5.17. The molecule has 3 aromatic rings. The summed E-state index contributed by atoms with van der Waals surface area (Å²) in [4.78, 5) is 12.7. The van der Waals surface area contributed by atoms with Gasteiger partial charge in [0.2, 0.25) is 15.9 Å². The number of nitrogens with one attached hydrogen (secondary N) is 1. The number of fused-ring (bicyclic) bond motifs is 1. The van der Waals surface area contributed by atoms with Gasteiger partial charge in [0.1, 0.15) is 5.82 Å². The van der Waals surface area contributed by atoms with Crippen LogP contribution in [0, 0.1) is 5.82 Å². The normalized spacial score (nSPS) is 14.8. The highest BCUT2D eigenvalue weighted by molar-refractivity contribution is 7.88. The fourth-order valence-corrected chi connectivity index (χ4v) is 6.37. The van der Waals surface area contributed by atoms with E-state index in [0.717, 1.165) is 16.4 Å². The lowest BCUT2D eigenvalue weighted by atomic mass is 9.98. The van der Waals surface area contributed by atoms with Crippen LogP contribution in [-0.4, -0.2) is 25.2 Å². The van der Waals surface area contributed by atoms with E-state index in [1.54, 1.807) is 0 Å². The molecule has 1 heterocycles. The van der Waals surface area contributed by atoms with Crippen LogP contribution in [0.5, 0.6) is 0 Å². The summed E-state index contributed by atoms with van der Waals surface area (Å²) in [5, 5.41) is 2.38. The van der Waals surface area contributed by atoms with Gasteiger partial charge in [0.15, 0.2) is 0 Å². The molecule has 3 aromatic carbocycles. The molecule has 44 heavy (non-hydrogen) atoms. The Morgan fingerprint density at radius 1 is 0.886 bits per heavy atom. The fraction of sp³-hybridized carbons (Fsp3) is 0.296. The van der Waals surface area contributed by atoms with Gasteiger partial charge in [0.05, 0.1) is 39.6 Å². The summed E-state index contributed by atoms with van der Waals surface area (Å²) in [5.41, 5.74) is -5.55. The van der Waals surface area contributed by atoms with E-state index < -0.39 is 80.3 Å². The van der Waals surface area contributed by atoms with Crippen molar-refractivity contribution in [3.8, 4) is 0 Å². The monoisotopic (exact) mass is 676 g/mol. The van der Waals surface area contributed by atoms with Crippen molar-refractivity contribution in [2.45, 2.75) is 43.7 Å². The molecule has 5 nitrogen and oxygen atoms in total. The molecule has 0 unspecified atom stereocenters. The van der Waals surface area contributed by atoms with Crippen molar-refractivity contribution in [3.05, 3.63) is 98.3 Å². The first kappa shape index (κ1) is 33.5. The maximum atomic E-state index is 14.4. The third-order valence-corrected chi connectivity index (χ3v) is 8.82. The summed E-state index contributed by atoms with van der Waals surface area (Å²) in [6, 6.07) is 5.66. The lowest BCUT2D eigenvalue weighted by Crippen LogP contribution is -2.37. The van der Waals surface area contributed by atoms with Crippen molar-refractivity contribution in [1.29, 1.82) is 0 Å². The summed E-state index contributed by atoms with van der Waals surface area (Å²) in [6.07, 6.45) is -16.2. The topological polar surface area (TPSA) is 66.5 Å². The molecule has 0 fully saturated rings. The first-order chi connectivity index (χ1) is 20.2. The molecule has 0 aliphatic carbocycles. The Hall–Kier alpha value is -3.37. The van der Waals surface area contributed by atoms with E-state index in [9.17, 15) is 57.1 Å². The Kier molecular flexibility index (Phi) is 9.03. The van der Waals surface area contributed by atoms with E-state index in [2.05, 4.69) is 5.32 Å². The summed E-state index contributed by atoms with van der Waals surface area (Å²) in [6.45, 7) is -0.684. The highest BCUT2D eigenvalue weighted by Gasteiger charge is 2.38. The van der Waals surface area contributed by atoms with Crippen LogP contribution in [0.4, 0.5) is 49.6 Å². The largest absolute Gasteiger partial charge is 0.419 e. The van der Waals surface area contributed by atoms with Crippen molar-refractivity contribution in [2.75, 3.05) is 11.9 Å². The van der Waals surface area contributed by atoms with Crippen molar-refractivity contribution in [1.82, 2.24) is 4.31 Å². The summed E-state index contributed by atoms with van der Waals surface area (Å²) >= 11 is 6.21. The van der Waals surface area contributed by atoms with Gasteiger partial charge in [-0.1, -0.05) is 29.8 Å². The quantitative estimate of drug-likeness (QED) is 0.274. The second kappa shape index (κ2) is 11.9. The molecule has 1 aliphatic rings. The highest BCUT2D eigenvalue weighted by Crippen LogP contribution is 2.38. The summed E-state index contributed by atoms with van der Waals surface area (Å²) < 4.78 is 160. The van der Waals surface area contributed by atoms with E-state index in [4.69, 9.17) is 11.6 Å². The zero-order valence-corrected chi connectivity index (χ0v) is 23.5. The molecule has 0 saturated heterocycles. The molecule has 4 rings (SSSR count). The average Bonchev–Trinajstić information content (AvgIpc) is 2.89. The van der Waals surface area contributed by atoms with Gasteiger partial charge in [0, 0.05) is 13.1 Å². The number of hydrogen-bond donors (Lipinski definition) is 1. The number of nitrogens with zero attached hydrogens (tertiary/aromatic N) is 1. The Balaban J connectivity index is 1.55. The standard InChI is InChI=1S/C27H19ClF10N2O3S/c28-21-5-4-16-12-40(44(42,43)13-14-8-17(25(30,31)32)11-18(9-14)26(33,34)35)7-6-19(16)24(21)39-22(41)10-15-2-1-3-20(23(15)29)27(36,37)38/h1-5,8-9,11H,6-7,10,12-13H2,(H,39,41).